The van der Waals surface area contributed by atoms with Gasteiger partial charge in [-0.3, -0.25) is 4.79 Å². The Morgan fingerprint density at radius 3 is 2.85 bits per heavy atom. The highest BCUT2D eigenvalue weighted by molar-refractivity contribution is 8.00. The van der Waals surface area contributed by atoms with Crippen LogP contribution in [0.15, 0.2) is 23.1 Å². The monoisotopic (exact) mass is 301 g/mol. The van der Waals surface area contributed by atoms with Crippen molar-refractivity contribution < 1.29 is 18.7 Å². The van der Waals surface area contributed by atoms with Crippen molar-refractivity contribution in [3.8, 4) is 0 Å². The molecule has 0 spiro atoms. The molecule has 6 heteroatoms. The van der Waals surface area contributed by atoms with Gasteiger partial charge < -0.3 is 10.0 Å². The van der Waals surface area contributed by atoms with Crippen molar-refractivity contribution in [3.63, 3.8) is 0 Å². The number of hydrogen-bond donors (Lipinski definition) is 1. The number of carbonyl (C=O) groups is 1. The van der Waals surface area contributed by atoms with E-state index in [0.717, 1.165) is 18.6 Å². The molecule has 0 aromatic heterocycles. The van der Waals surface area contributed by atoms with Gasteiger partial charge in [0.1, 0.15) is 0 Å². The molecule has 20 heavy (non-hydrogen) atoms. The molecule has 2 unspecified atom stereocenters. The number of hydrogen-bond acceptors (Lipinski definition) is 3. The minimum Gasteiger partial charge on any atom is -0.394 e. The number of thioether (sulfide) groups is 1. The lowest BCUT2D eigenvalue weighted by atomic mass is 10.0. The third-order valence-electron chi connectivity index (χ3n) is 3.64. The molecule has 1 heterocycles. The molecule has 0 radical (unpaired) electrons. The van der Waals surface area contributed by atoms with Crippen LogP contribution in [0.1, 0.15) is 13.3 Å². The van der Waals surface area contributed by atoms with Gasteiger partial charge >= 0.3 is 0 Å². The van der Waals surface area contributed by atoms with E-state index in [1.807, 2.05) is 6.92 Å². The zero-order valence-corrected chi connectivity index (χ0v) is 12.0. The first-order valence-corrected chi connectivity index (χ1v) is 7.49. The summed E-state index contributed by atoms with van der Waals surface area (Å²) >= 11 is 1.17. The lowest BCUT2D eigenvalue weighted by molar-refractivity contribution is -0.130. The lowest BCUT2D eigenvalue weighted by Gasteiger charge is -2.25. The Morgan fingerprint density at radius 2 is 2.20 bits per heavy atom. The summed E-state index contributed by atoms with van der Waals surface area (Å²) in [6.45, 7) is 2.61. The van der Waals surface area contributed by atoms with Crippen LogP contribution >= 0.6 is 11.8 Å². The number of carbonyl (C=O) groups excluding carboxylic acids is 1. The number of aliphatic hydroxyl groups excluding tert-OH is 1. The fraction of sp³-hybridized carbons (Fsp3) is 0.500. The number of aliphatic hydroxyl groups is 1. The Labute approximate surface area is 121 Å². The molecule has 2 atom stereocenters. The fourth-order valence-electron chi connectivity index (χ4n) is 2.39. The van der Waals surface area contributed by atoms with E-state index in [4.69, 9.17) is 0 Å². The summed E-state index contributed by atoms with van der Waals surface area (Å²) in [4.78, 5) is 14.3. The molecule has 110 valence electrons. The summed E-state index contributed by atoms with van der Waals surface area (Å²) in [6.07, 6.45) is 0.882. The molecule has 1 fully saturated rings. The van der Waals surface area contributed by atoms with Gasteiger partial charge in [-0.05, 0) is 30.5 Å². The number of benzene rings is 1. The Bertz CT molecular complexity index is 498. The van der Waals surface area contributed by atoms with Gasteiger partial charge in [0.15, 0.2) is 11.6 Å². The van der Waals surface area contributed by atoms with Gasteiger partial charge in [-0.15, -0.1) is 11.8 Å². The number of halogens is 2. The van der Waals surface area contributed by atoms with Crippen molar-refractivity contribution in [2.45, 2.75) is 24.3 Å². The van der Waals surface area contributed by atoms with E-state index in [9.17, 15) is 18.7 Å². The number of amides is 1. The summed E-state index contributed by atoms with van der Waals surface area (Å²) < 4.78 is 25.9. The molecule has 0 aliphatic carbocycles. The Hall–Kier alpha value is -1.14. The third kappa shape index (κ3) is 3.30. The SMILES string of the molecule is CC1CCN(C(=O)CSc2ccc(F)c(F)c2)C1CO. The van der Waals surface area contributed by atoms with Crippen LogP contribution in [0.3, 0.4) is 0 Å². The molecule has 1 amide bonds. The second kappa shape index (κ2) is 6.54. The van der Waals surface area contributed by atoms with Crippen LogP contribution in [0, 0.1) is 17.6 Å². The first-order chi connectivity index (χ1) is 9.52. The molecule has 1 saturated heterocycles. The Balaban J connectivity index is 1.93. The molecular weight excluding hydrogens is 284 g/mol. The second-order valence-corrected chi connectivity index (χ2v) is 6.02. The average molecular weight is 301 g/mol. The van der Waals surface area contributed by atoms with Gasteiger partial charge in [0, 0.05) is 11.4 Å². The van der Waals surface area contributed by atoms with Crippen LogP contribution < -0.4 is 0 Å². The molecule has 1 aromatic carbocycles. The fourth-order valence-corrected chi connectivity index (χ4v) is 3.20. The molecule has 0 bridgehead atoms. The van der Waals surface area contributed by atoms with E-state index in [-0.39, 0.29) is 30.2 Å². The summed E-state index contributed by atoms with van der Waals surface area (Å²) in [5, 5.41) is 9.32. The zero-order chi connectivity index (χ0) is 14.7. The van der Waals surface area contributed by atoms with Crippen LogP contribution in [0.25, 0.3) is 0 Å². The minimum absolute atomic E-state index is 0.0389. The highest BCUT2D eigenvalue weighted by Gasteiger charge is 2.33. The van der Waals surface area contributed by atoms with Crippen molar-refractivity contribution in [3.05, 3.63) is 29.8 Å². The van der Waals surface area contributed by atoms with Gasteiger partial charge in [0.25, 0.3) is 0 Å². The van der Waals surface area contributed by atoms with Crippen molar-refractivity contribution in [1.29, 1.82) is 0 Å². The predicted molar refractivity (Wildman–Crippen MR) is 73.4 cm³/mol. The summed E-state index contributed by atoms with van der Waals surface area (Å²) in [5.41, 5.74) is 0. The smallest absolute Gasteiger partial charge is 0.233 e. The third-order valence-corrected chi connectivity index (χ3v) is 4.62. The van der Waals surface area contributed by atoms with Crippen LogP contribution in [-0.4, -0.2) is 40.9 Å². The Morgan fingerprint density at radius 1 is 1.45 bits per heavy atom. The van der Waals surface area contributed by atoms with E-state index in [0.29, 0.717) is 11.4 Å². The maximum atomic E-state index is 13.1. The van der Waals surface area contributed by atoms with Crippen LogP contribution in [-0.2, 0) is 4.79 Å². The highest BCUT2D eigenvalue weighted by atomic mass is 32.2. The molecule has 2 rings (SSSR count). The predicted octanol–water partition coefficient (Wildman–Crippen LogP) is 2.29. The zero-order valence-electron chi connectivity index (χ0n) is 11.2. The molecule has 1 aliphatic rings. The van der Waals surface area contributed by atoms with Crippen LogP contribution in [0.2, 0.25) is 0 Å². The van der Waals surface area contributed by atoms with E-state index >= 15 is 0 Å². The largest absolute Gasteiger partial charge is 0.394 e. The first-order valence-electron chi connectivity index (χ1n) is 6.51. The summed E-state index contributed by atoms with van der Waals surface area (Å²) in [7, 11) is 0. The number of likely N-dealkylation sites (tertiary alicyclic amines) is 1. The topological polar surface area (TPSA) is 40.5 Å². The second-order valence-electron chi connectivity index (χ2n) is 4.97. The maximum Gasteiger partial charge on any atom is 0.233 e. The van der Waals surface area contributed by atoms with Crippen molar-refractivity contribution in [2.24, 2.45) is 5.92 Å². The van der Waals surface area contributed by atoms with E-state index < -0.39 is 11.6 Å². The molecule has 1 aromatic rings. The summed E-state index contributed by atoms with van der Waals surface area (Å²) in [5.74, 6) is -1.44. The maximum absolute atomic E-state index is 13.1. The quantitative estimate of drug-likeness (QED) is 0.868. The first kappa shape index (κ1) is 15.3. The number of rotatable bonds is 4. The van der Waals surface area contributed by atoms with Gasteiger partial charge in [0.2, 0.25) is 5.91 Å². The molecule has 3 nitrogen and oxygen atoms in total. The minimum atomic E-state index is -0.912. The van der Waals surface area contributed by atoms with Gasteiger partial charge in [-0.1, -0.05) is 6.92 Å². The van der Waals surface area contributed by atoms with E-state index in [1.54, 1.807) is 4.90 Å². The van der Waals surface area contributed by atoms with Gasteiger partial charge in [-0.25, -0.2) is 8.78 Å². The standard InChI is InChI=1S/C14H17F2NO2S/c1-9-4-5-17(13(9)7-18)14(19)8-20-10-2-3-11(15)12(16)6-10/h2-3,6,9,13,18H,4-5,7-8H2,1H3. The van der Waals surface area contributed by atoms with E-state index in [1.165, 1.54) is 17.8 Å². The highest BCUT2D eigenvalue weighted by Crippen LogP contribution is 2.26. The molecule has 1 N–H and O–H groups in total. The van der Waals surface area contributed by atoms with Crippen LogP contribution in [0.5, 0.6) is 0 Å². The van der Waals surface area contributed by atoms with Gasteiger partial charge in [0.05, 0.1) is 18.4 Å². The Kier molecular flexibility index (Phi) is 4.99. The van der Waals surface area contributed by atoms with Gasteiger partial charge in [-0.2, -0.15) is 0 Å². The van der Waals surface area contributed by atoms with Crippen molar-refractivity contribution >= 4 is 17.7 Å². The lowest BCUT2D eigenvalue weighted by Crippen LogP contribution is -2.40. The molecular formula is C14H17F2NO2S. The normalized spacial score (nSPS) is 22.3. The van der Waals surface area contributed by atoms with Crippen molar-refractivity contribution in [1.82, 2.24) is 4.90 Å². The number of nitrogens with zero attached hydrogens (tertiary/aromatic N) is 1. The average Bonchev–Trinajstić information content (AvgIpc) is 2.80. The van der Waals surface area contributed by atoms with Crippen molar-refractivity contribution in [2.75, 3.05) is 18.9 Å². The molecule has 0 saturated carbocycles. The van der Waals surface area contributed by atoms with E-state index in [2.05, 4.69) is 0 Å². The van der Waals surface area contributed by atoms with Crippen LogP contribution in [0.4, 0.5) is 8.78 Å². The molecule has 1 aliphatic heterocycles. The summed E-state index contributed by atoms with van der Waals surface area (Å²) in [6, 6.07) is 3.46.